The van der Waals surface area contributed by atoms with Gasteiger partial charge in [-0.2, -0.15) is 0 Å². The largest absolute Gasteiger partial charge is 0.381 e. The van der Waals surface area contributed by atoms with Crippen LogP contribution in [0, 0.1) is 0 Å². The zero-order valence-electron chi connectivity index (χ0n) is 20.8. The second kappa shape index (κ2) is 8.79. The van der Waals surface area contributed by atoms with Crippen LogP contribution in [-0.2, 0) is 10.3 Å². The molecule has 0 radical (unpaired) electrons. The summed E-state index contributed by atoms with van der Waals surface area (Å²) >= 11 is 0. The standard InChI is InChI=1S/C30H25N7O/c1-38-22-17-30(31,18-22)21-10-8-20(9-11-21)26-23(19-6-3-2-4-7-19)16-24-25(34-26)12-15-37-28(24)35-36-29(37)27-32-13-5-14-33-27/h2-16,22H,17-18,31H2,1H3. The summed E-state index contributed by atoms with van der Waals surface area (Å²) in [4.78, 5) is 13.8. The molecule has 38 heavy (non-hydrogen) atoms. The van der Waals surface area contributed by atoms with Crippen LogP contribution in [0.3, 0.4) is 0 Å². The lowest BCUT2D eigenvalue weighted by molar-refractivity contribution is -0.0161. The van der Waals surface area contributed by atoms with Crippen molar-refractivity contribution in [3.8, 4) is 34.0 Å². The van der Waals surface area contributed by atoms with E-state index in [9.17, 15) is 0 Å². The van der Waals surface area contributed by atoms with Crippen molar-refractivity contribution in [3.63, 3.8) is 0 Å². The Morgan fingerprint density at radius 2 is 1.66 bits per heavy atom. The topological polar surface area (TPSA) is 104 Å². The number of hydrogen-bond acceptors (Lipinski definition) is 7. The molecule has 186 valence electrons. The Labute approximate surface area is 219 Å². The summed E-state index contributed by atoms with van der Waals surface area (Å²) in [6, 6.07) is 24.7. The van der Waals surface area contributed by atoms with Crippen LogP contribution in [0.5, 0.6) is 0 Å². The molecule has 0 bridgehead atoms. The maximum Gasteiger partial charge on any atom is 0.206 e. The molecule has 2 aromatic carbocycles. The fourth-order valence-electron chi connectivity index (χ4n) is 5.34. The highest BCUT2D eigenvalue weighted by Gasteiger charge is 2.42. The van der Waals surface area contributed by atoms with E-state index in [1.165, 1.54) is 0 Å². The number of pyridine rings is 2. The lowest BCUT2D eigenvalue weighted by atomic mass is 9.70. The van der Waals surface area contributed by atoms with E-state index in [-0.39, 0.29) is 11.6 Å². The van der Waals surface area contributed by atoms with Crippen LogP contribution >= 0.6 is 0 Å². The van der Waals surface area contributed by atoms with Gasteiger partial charge in [0, 0.05) is 47.8 Å². The van der Waals surface area contributed by atoms with Crippen molar-refractivity contribution in [2.75, 3.05) is 7.11 Å². The van der Waals surface area contributed by atoms with Crippen LogP contribution in [-0.4, -0.2) is 42.8 Å². The minimum absolute atomic E-state index is 0.231. The average molecular weight is 500 g/mol. The van der Waals surface area contributed by atoms with E-state index in [0.717, 1.165) is 51.7 Å². The minimum Gasteiger partial charge on any atom is -0.381 e. The fourth-order valence-corrected chi connectivity index (χ4v) is 5.34. The van der Waals surface area contributed by atoms with Gasteiger partial charge >= 0.3 is 0 Å². The molecule has 0 unspecified atom stereocenters. The van der Waals surface area contributed by atoms with Gasteiger partial charge in [0.25, 0.3) is 0 Å². The molecule has 2 N–H and O–H groups in total. The summed E-state index contributed by atoms with van der Waals surface area (Å²) in [6.45, 7) is 0. The Morgan fingerprint density at radius 1 is 0.895 bits per heavy atom. The van der Waals surface area contributed by atoms with Gasteiger partial charge in [-0.15, -0.1) is 10.2 Å². The van der Waals surface area contributed by atoms with Crippen LogP contribution in [0.25, 0.3) is 50.6 Å². The second-order valence-corrected chi connectivity index (χ2v) is 9.79. The van der Waals surface area contributed by atoms with Gasteiger partial charge in [-0.25, -0.2) is 15.0 Å². The van der Waals surface area contributed by atoms with E-state index in [4.69, 9.17) is 15.5 Å². The lowest BCUT2D eigenvalue weighted by Gasteiger charge is -2.44. The first-order chi connectivity index (χ1) is 18.6. The molecule has 8 heteroatoms. The normalized spacial score (nSPS) is 19.1. The Bertz CT molecular complexity index is 1760. The summed E-state index contributed by atoms with van der Waals surface area (Å²) in [6.07, 6.45) is 7.21. The number of methoxy groups -OCH3 is 1. The van der Waals surface area contributed by atoms with Crippen LogP contribution < -0.4 is 5.73 Å². The highest BCUT2D eigenvalue weighted by atomic mass is 16.5. The van der Waals surface area contributed by atoms with Gasteiger partial charge in [-0.3, -0.25) is 4.40 Å². The third-order valence-corrected chi connectivity index (χ3v) is 7.47. The zero-order chi connectivity index (χ0) is 25.7. The second-order valence-electron chi connectivity index (χ2n) is 9.79. The smallest absolute Gasteiger partial charge is 0.206 e. The third-order valence-electron chi connectivity index (χ3n) is 7.47. The van der Waals surface area contributed by atoms with E-state index in [1.807, 2.05) is 34.9 Å². The third kappa shape index (κ3) is 3.65. The first-order valence-electron chi connectivity index (χ1n) is 12.6. The molecule has 1 aliphatic rings. The molecule has 1 saturated carbocycles. The van der Waals surface area contributed by atoms with Crippen LogP contribution in [0.4, 0.5) is 0 Å². The van der Waals surface area contributed by atoms with E-state index in [2.05, 4.69) is 62.6 Å². The highest BCUT2D eigenvalue weighted by Crippen LogP contribution is 2.42. The molecular weight excluding hydrogens is 474 g/mol. The number of hydrogen-bond donors (Lipinski definition) is 1. The quantitative estimate of drug-likeness (QED) is 0.355. The summed E-state index contributed by atoms with van der Waals surface area (Å²) in [5.41, 5.74) is 13.0. The van der Waals surface area contributed by atoms with Crippen molar-refractivity contribution < 1.29 is 4.74 Å². The molecule has 7 rings (SSSR count). The van der Waals surface area contributed by atoms with Crippen LogP contribution in [0.1, 0.15) is 18.4 Å². The number of fused-ring (bicyclic) bond motifs is 3. The number of ether oxygens (including phenoxy) is 1. The Balaban J connectivity index is 1.38. The number of nitrogens with two attached hydrogens (primary N) is 1. The summed E-state index contributed by atoms with van der Waals surface area (Å²) in [5.74, 6) is 1.11. The van der Waals surface area contributed by atoms with Crippen molar-refractivity contribution in [1.29, 1.82) is 0 Å². The molecular formula is C30H25N7O. The lowest BCUT2D eigenvalue weighted by Crippen LogP contribution is -2.52. The van der Waals surface area contributed by atoms with Crippen molar-refractivity contribution in [2.45, 2.75) is 24.5 Å². The molecule has 1 fully saturated rings. The maximum absolute atomic E-state index is 6.65. The molecule has 1 aliphatic carbocycles. The Kier molecular flexibility index (Phi) is 5.24. The van der Waals surface area contributed by atoms with E-state index >= 15 is 0 Å². The molecule has 8 nitrogen and oxygen atoms in total. The van der Waals surface area contributed by atoms with Crippen LogP contribution in [0.2, 0.25) is 0 Å². The first kappa shape index (κ1) is 22.7. The van der Waals surface area contributed by atoms with Gasteiger partial charge in [-0.1, -0.05) is 54.6 Å². The Hall–Kier alpha value is -4.53. The number of aromatic nitrogens is 6. The maximum atomic E-state index is 6.65. The molecule has 0 aliphatic heterocycles. The number of rotatable bonds is 5. The van der Waals surface area contributed by atoms with E-state index in [0.29, 0.717) is 17.3 Å². The van der Waals surface area contributed by atoms with Crippen LogP contribution in [0.15, 0.2) is 91.4 Å². The van der Waals surface area contributed by atoms with Gasteiger partial charge < -0.3 is 10.5 Å². The summed E-state index contributed by atoms with van der Waals surface area (Å²) in [7, 11) is 1.74. The first-order valence-corrected chi connectivity index (χ1v) is 12.6. The molecule has 0 saturated heterocycles. The Morgan fingerprint density at radius 3 is 2.39 bits per heavy atom. The molecule has 0 spiro atoms. The summed E-state index contributed by atoms with van der Waals surface area (Å²) in [5, 5.41) is 9.80. The molecule has 0 amide bonds. The zero-order valence-corrected chi connectivity index (χ0v) is 20.8. The number of benzene rings is 2. The predicted molar refractivity (Wildman–Crippen MR) is 146 cm³/mol. The van der Waals surface area contributed by atoms with Crippen molar-refractivity contribution in [3.05, 3.63) is 97.0 Å². The number of nitrogens with zero attached hydrogens (tertiary/aromatic N) is 6. The monoisotopic (exact) mass is 499 g/mol. The van der Waals surface area contributed by atoms with Gasteiger partial charge in [-0.05, 0) is 42.2 Å². The van der Waals surface area contributed by atoms with Gasteiger partial charge in [0.15, 0.2) is 11.5 Å². The van der Waals surface area contributed by atoms with Crippen molar-refractivity contribution >= 4 is 16.6 Å². The fraction of sp³-hybridized carbons (Fsp3) is 0.167. The molecule has 4 aromatic heterocycles. The minimum atomic E-state index is -0.336. The van der Waals surface area contributed by atoms with Gasteiger partial charge in [0.2, 0.25) is 5.82 Å². The van der Waals surface area contributed by atoms with Gasteiger partial charge in [0.1, 0.15) is 0 Å². The summed E-state index contributed by atoms with van der Waals surface area (Å²) < 4.78 is 7.36. The molecule has 6 aromatic rings. The van der Waals surface area contributed by atoms with Gasteiger partial charge in [0.05, 0.1) is 17.3 Å². The highest BCUT2D eigenvalue weighted by molar-refractivity contribution is 5.98. The van der Waals surface area contributed by atoms with Crippen molar-refractivity contribution in [1.82, 2.24) is 29.5 Å². The molecule has 4 heterocycles. The average Bonchev–Trinajstić information content (AvgIpc) is 3.40. The van der Waals surface area contributed by atoms with Crippen molar-refractivity contribution in [2.24, 2.45) is 5.73 Å². The SMILES string of the molecule is COC1CC(N)(c2ccc(-c3nc4ccn5c(-c6ncccn6)nnc5c4cc3-c3ccccc3)cc2)C1. The molecule has 0 atom stereocenters. The van der Waals surface area contributed by atoms with E-state index in [1.54, 1.807) is 25.6 Å². The van der Waals surface area contributed by atoms with E-state index < -0.39 is 0 Å². The predicted octanol–water partition coefficient (Wildman–Crippen LogP) is 5.03.